The van der Waals surface area contributed by atoms with Gasteiger partial charge in [-0.3, -0.25) is 0 Å². The molecule has 4 nitrogen and oxygen atoms in total. The van der Waals surface area contributed by atoms with E-state index in [1.165, 1.54) is 72.7 Å². The minimum absolute atomic E-state index is 0.871. The molecule has 4 heterocycles. The Hall–Kier alpha value is -8.94. The molecule has 0 N–H and O–H groups in total. The fourth-order valence-corrected chi connectivity index (χ4v) is 13.8. The first kappa shape index (κ1) is 39.9. The number of benzene rings is 12. The van der Waals surface area contributed by atoms with E-state index in [1.807, 2.05) is 22.7 Å². The lowest BCUT2D eigenvalue weighted by molar-refractivity contribution is 0.669. The maximum atomic E-state index is 6.62. The highest BCUT2D eigenvalue weighted by Crippen LogP contribution is 2.49. The summed E-state index contributed by atoms with van der Waals surface area (Å²) in [6.45, 7) is 0. The molecule has 0 saturated heterocycles. The number of fused-ring (bicyclic) bond motifs is 19. The van der Waals surface area contributed by atoms with Crippen molar-refractivity contribution in [3.63, 3.8) is 0 Å². The summed E-state index contributed by atoms with van der Waals surface area (Å²) in [6.07, 6.45) is 0. The van der Waals surface area contributed by atoms with Crippen molar-refractivity contribution in [3.8, 4) is 0 Å². The molecule has 0 saturated carbocycles. The lowest BCUT2D eigenvalue weighted by atomic mass is 9.99. The summed E-state index contributed by atoms with van der Waals surface area (Å²) in [5, 5.41) is 17.0. The number of furan rings is 2. The van der Waals surface area contributed by atoms with Crippen molar-refractivity contribution < 1.29 is 8.83 Å². The third-order valence-corrected chi connectivity index (χ3v) is 17.1. The van der Waals surface area contributed by atoms with Gasteiger partial charge in [0.15, 0.2) is 0 Å². The van der Waals surface area contributed by atoms with Crippen molar-refractivity contribution in [1.82, 2.24) is 0 Å². The van der Waals surface area contributed by atoms with Crippen LogP contribution in [0.1, 0.15) is 0 Å². The molecular formula is C66H38N2O2S2. The van der Waals surface area contributed by atoms with Crippen molar-refractivity contribution in [1.29, 1.82) is 0 Å². The quantitative estimate of drug-likeness (QED) is 0.166. The van der Waals surface area contributed by atoms with Gasteiger partial charge in [0.2, 0.25) is 0 Å². The molecule has 336 valence electrons. The number of hydrogen-bond donors (Lipinski definition) is 0. The van der Waals surface area contributed by atoms with Gasteiger partial charge in [0.1, 0.15) is 22.3 Å². The van der Waals surface area contributed by atoms with Crippen LogP contribution in [0, 0.1) is 0 Å². The molecule has 0 amide bonds. The highest BCUT2D eigenvalue weighted by atomic mass is 32.1. The van der Waals surface area contributed by atoms with Gasteiger partial charge in [-0.1, -0.05) is 109 Å². The number of hydrogen-bond acceptors (Lipinski definition) is 6. The van der Waals surface area contributed by atoms with E-state index in [1.54, 1.807) is 0 Å². The first-order valence-corrected chi connectivity index (χ1v) is 25.9. The maximum Gasteiger partial charge on any atom is 0.137 e. The lowest BCUT2D eigenvalue weighted by Crippen LogP contribution is -2.09. The van der Waals surface area contributed by atoms with Gasteiger partial charge in [-0.15, -0.1) is 22.7 Å². The van der Waals surface area contributed by atoms with Gasteiger partial charge in [0.05, 0.1) is 0 Å². The van der Waals surface area contributed by atoms with E-state index in [-0.39, 0.29) is 0 Å². The van der Waals surface area contributed by atoms with Crippen molar-refractivity contribution in [2.75, 3.05) is 9.80 Å². The Morgan fingerprint density at radius 1 is 0.236 bits per heavy atom. The molecular weight excluding hydrogens is 917 g/mol. The fourth-order valence-electron chi connectivity index (χ4n) is 11.6. The fraction of sp³-hybridized carbons (Fsp3) is 0. The van der Waals surface area contributed by atoms with Gasteiger partial charge in [0, 0.05) is 108 Å². The molecule has 16 rings (SSSR count). The topological polar surface area (TPSA) is 32.8 Å². The highest BCUT2D eigenvalue weighted by Gasteiger charge is 2.22. The van der Waals surface area contributed by atoms with Crippen LogP contribution in [0.25, 0.3) is 117 Å². The number of para-hydroxylation sites is 2. The van der Waals surface area contributed by atoms with Gasteiger partial charge >= 0.3 is 0 Å². The molecule has 6 heteroatoms. The van der Waals surface area contributed by atoms with Gasteiger partial charge in [-0.2, -0.15) is 0 Å². The van der Waals surface area contributed by atoms with E-state index in [0.717, 1.165) is 78.0 Å². The molecule has 0 bridgehead atoms. The maximum absolute atomic E-state index is 6.62. The van der Waals surface area contributed by atoms with E-state index in [2.05, 4.69) is 240 Å². The van der Waals surface area contributed by atoms with Crippen LogP contribution < -0.4 is 9.80 Å². The third-order valence-electron chi connectivity index (χ3n) is 14.8. The smallest absolute Gasteiger partial charge is 0.137 e. The number of thiophene rings is 2. The van der Waals surface area contributed by atoms with E-state index in [0.29, 0.717) is 0 Å². The first-order chi connectivity index (χ1) is 35.7. The molecule has 0 unspecified atom stereocenters. The summed E-state index contributed by atoms with van der Waals surface area (Å²) < 4.78 is 18.3. The van der Waals surface area contributed by atoms with E-state index in [4.69, 9.17) is 8.83 Å². The number of nitrogens with zero attached hydrogens (tertiary/aromatic N) is 2. The summed E-state index contributed by atoms with van der Waals surface area (Å²) in [7, 11) is 0. The summed E-state index contributed by atoms with van der Waals surface area (Å²) >= 11 is 3.73. The molecule has 0 atom stereocenters. The second kappa shape index (κ2) is 15.3. The standard InChI is InChI=1S/C66H38N2O2S2/c1-3-13-41(14-4-1)67(45-21-25-51-57(37-45)69-55-29-19-39-11-7-9-17-47(39)63(51)55)43-23-31-59-53(35-43)65-49-27-34-62-66(50(49)28-33-61(65)71-59)54-36-44(24-32-60(54)72-62)68(42-15-5-2-6-16-42)46-22-26-52-58(38-46)70-56-30-20-40-12-8-10-18-48(40)64(52)56/h1-38H. The zero-order valence-corrected chi connectivity index (χ0v) is 40.1. The normalized spacial score (nSPS) is 12.2. The predicted molar refractivity (Wildman–Crippen MR) is 309 cm³/mol. The van der Waals surface area contributed by atoms with Gasteiger partial charge in [0.25, 0.3) is 0 Å². The summed E-state index contributed by atoms with van der Waals surface area (Å²) in [5.41, 5.74) is 9.97. The van der Waals surface area contributed by atoms with Gasteiger partial charge < -0.3 is 18.6 Å². The number of anilines is 6. The second-order valence-electron chi connectivity index (χ2n) is 18.8. The van der Waals surface area contributed by atoms with E-state index in [9.17, 15) is 0 Å². The molecule has 0 radical (unpaired) electrons. The number of rotatable bonds is 6. The van der Waals surface area contributed by atoms with Crippen LogP contribution in [-0.2, 0) is 0 Å². The highest BCUT2D eigenvalue weighted by molar-refractivity contribution is 7.26. The second-order valence-corrected chi connectivity index (χ2v) is 20.9. The zero-order valence-electron chi connectivity index (χ0n) is 38.5. The summed E-state index contributed by atoms with van der Waals surface area (Å²) in [4.78, 5) is 4.72. The Balaban J connectivity index is 0.856. The Kier molecular flexibility index (Phi) is 8.46. The van der Waals surface area contributed by atoms with E-state index >= 15 is 0 Å². The average Bonchev–Trinajstić information content (AvgIpc) is 4.21. The first-order valence-electron chi connectivity index (χ1n) is 24.3. The third kappa shape index (κ3) is 5.91. The monoisotopic (exact) mass is 954 g/mol. The molecule has 0 aliphatic carbocycles. The SMILES string of the molecule is c1ccc(N(c2ccc3c(c2)oc2ccc4ccccc4c23)c2ccc3sc4ccc5c(ccc6sc7ccc(N(c8ccccc8)c8ccc9c(c8)oc8ccc%10ccccc%10c89)cc7c65)c4c3c2)cc1. The average molecular weight is 955 g/mol. The van der Waals surface area contributed by atoms with Crippen molar-refractivity contribution in [2.24, 2.45) is 0 Å². The zero-order chi connectivity index (χ0) is 47.0. The van der Waals surface area contributed by atoms with Crippen LogP contribution in [0.3, 0.4) is 0 Å². The Labute approximate surface area is 420 Å². The minimum Gasteiger partial charge on any atom is -0.456 e. The van der Waals surface area contributed by atoms with Gasteiger partial charge in [-0.05, 0) is 142 Å². The summed E-state index contributed by atoms with van der Waals surface area (Å²) in [6, 6.07) is 83.6. The largest absolute Gasteiger partial charge is 0.456 e. The minimum atomic E-state index is 0.871. The Morgan fingerprint density at radius 2 is 0.625 bits per heavy atom. The van der Waals surface area contributed by atoms with Crippen molar-refractivity contribution in [2.45, 2.75) is 0 Å². The van der Waals surface area contributed by atoms with Crippen LogP contribution in [0.5, 0.6) is 0 Å². The molecule has 16 aromatic rings. The Bertz CT molecular complexity index is 4580. The predicted octanol–water partition coefficient (Wildman–Crippen LogP) is 20.6. The molecule has 0 fully saturated rings. The van der Waals surface area contributed by atoms with Gasteiger partial charge in [-0.25, -0.2) is 0 Å². The van der Waals surface area contributed by atoms with Crippen LogP contribution in [0.15, 0.2) is 239 Å². The van der Waals surface area contributed by atoms with Crippen molar-refractivity contribution in [3.05, 3.63) is 231 Å². The molecule has 12 aromatic carbocycles. The lowest BCUT2D eigenvalue weighted by Gasteiger charge is -2.25. The molecule has 4 aromatic heterocycles. The van der Waals surface area contributed by atoms with Crippen LogP contribution in [0.2, 0.25) is 0 Å². The van der Waals surface area contributed by atoms with Crippen LogP contribution in [-0.4, -0.2) is 0 Å². The molecule has 72 heavy (non-hydrogen) atoms. The molecule has 0 spiro atoms. The summed E-state index contributed by atoms with van der Waals surface area (Å²) in [5.74, 6) is 0. The van der Waals surface area contributed by atoms with E-state index < -0.39 is 0 Å². The molecule has 0 aliphatic rings. The van der Waals surface area contributed by atoms with Crippen LogP contribution in [0.4, 0.5) is 34.1 Å². The Morgan fingerprint density at radius 3 is 1.10 bits per heavy atom. The van der Waals surface area contributed by atoms with Crippen molar-refractivity contribution >= 4 is 173 Å². The molecule has 0 aliphatic heterocycles. The van der Waals surface area contributed by atoms with Crippen LogP contribution >= 0.6 is 22.7 Å².